The van der Waals surface area contributed by atoms with Crippen LogP contribution in [0.2, 0.25) is 0 Å². The third-order valence-corrected chi connectivity index (χ3v) is 14.7. The Morgan fingerprint density at radius 1 is 0.473 bits per heavy atom. The van der Waals surface area contributed by atoms with Gasteiger partial charge < -0.3 is 88.7 Å². The van der Waals surface area contributed by atoms with Gasteiger partial charge in [-0.05, 0) is 5.92 Å². The highest BCUT2D eigenvalue weighted by Crippen LogP contribution is 2.41. The van der Waals surface area contributed by atoms with E-state index in [4.69, 9.17) is 51.9 Å². The van der Waals surface area contributed by atoms with Crippen molar-refractivity contribution in [3.63, 3.8) is 0 Å². The molecule has 5 aliphatic heterocycles. The molecule has 11 N–H and O–H groups in total. The van der Waals surface area contributed by atoms with Crippen molar-refractivity contribution in [2.45, 2.75) is 158 Å². The van der Waals surface area contributed by atoms with Gasteiger partial charge in [-0.3, -0.25) is 18.2 Å². The normalized spacial score (nSPS) is 44.0. The molecule has 5 fully saturated rings. The SMILES string of the molecule is CO[C@H]1OC(COS(=O)(=O)O)[C@@H](O[C@@H]2O[C@@H](N[O-])[C@@H](O[C@H]3OC(COS(=O)(=O)O)[C@@H](O[C@@H]4OC(C(=O)O)[C@@H](O[C@H]5OC(COS(=O)(=O)O)[C@@H](O)[C@H](O)C5C)[C@H](O)C4C)[C@H](C)C3C)C(O)C2OS(=O)(=O)O)[C@H](O)C1C. The van der Waals surface area contributed by atoms with E-state index >= 15 is 0 Å². The number of carboxylic acids is 1. The van der Waals surface area contributed by atoms with E-state index < -0.39 is 220 Å². The number of methoxy groups -OCH3 is 1. The van der Waals surface area contributed by atoms with E-state index in [1.807, 2.05) is 0 Å². The standard InChI is InChI=1S/C35H60NO34S4/c1-10-11(2)32(67-26-22(41)27(70-74(54,55)56)35(69-29(26)36-44)65-24-17(9-60-73(51,52)53)62-31(57-6)13(4)19(24)38)63-16(8-59-72(48,49)50)23(10)64-34-14(5)20(39)25(28(68-34)30(42)43)66-33-12(3)18(37)21(40)15(61-33)7-58-71(45,46)47/h10-29,31-41H,7-9H2,1-6H3,(H,42,43)(H,45,46,47)(H,48,49,50)(H,51,52,53)(H,54,55,56)/q-1/t10-,11?,12?,13?,14?,15?,16?,17?,18-,19-,20-,21-,22?,23+,24-,25+,26+,27?,28?,29-,31+,32-,33-,34-,35-/m1/s1. The van der Waals surface area contributed by atoms with E-state index in [0.717, 1.165) is 7.11 Å². The van der Waals surface area contributed by atoms with Gasteiger partial charge in [0.15, 0.2) is 43.7 Å². The Labute approximate surface area is 422 Å². The summed E-state index contributed by atoms with van der Waals surface area (Å²) in [5, 5.41) is 78.2. The molecule has 0 amide bonds. The Bertz CT molecular complexity index is 2320. The zero-order valence-electron chi connectivity index (χ0n) is 39.5. The number of ether oxygens (including phenoxy) is 10. The molecule has 5 heterocycles. The van der Waals surface area contributed by atoms with E-state index in [9.17, 15) is 88.0 Å². The summed E-state index contributed by atoms with van der Waals surface area (Å²) in [6, 6.07) is 0. The van der Waals surface area contributed by atoms with Crippen LogP contribution in [0.15, 0.2) is 0 Å². The van der Waals surface area contributed by atoms with Crippen molar-refractivity contribution in [2.75, 3.05) is 26.9 Å². The average molecular weight is 1170 g/mol. The monoisotopic (exact) mass is 1170 g/mol. The summed E-state index contributed by atoms with van der Waals surface area (Å²) in [6.45, 7) is 3.54. The molecule has 0 aromatic carbocycles. The van der Waals surface area contributed by atoms with Crippen molar-refractivity contribution < 1.29 is 151 Å². The highest BCUT2D eigenvalue weighted by molar-refractivity contribution is 7.81. The fraction of sp³-hybridized carbons (Fsp3) is 0.971. The molecule has 0 bridgehead atoms. The number of aliphatic carboxylic acids is 1. The molecule has 5 saturated heterocycles. The predicted octanol–water partition coefficient (Wildman–Crippen LogP) is -5.44. The maximum absolute atomic E-state index is 12.7. The molecule has 25 atom stereocenters. The van der Waals surface area contributed by atoms with Gasteiger partial charge in [0.1, 0.15) is 55.1 Å². The molecule has 0 saturated carbocycles. The Balaban J connectivity index is 1.38. The lowest BCUT2D eigenvalue weighted by atomic mass is 9.84. The van der Waals surface area contributed by atoms with Gasteiger partial charge in [-0.15, -0.1) is 0 Å². The highest BCUT2D eigenvalue weighted by atomic mass is 32.3. The van der Waals surface area contributed by atoms with Gasteiger partial charge in [0.2, 0.25) is 0 Å². The van der Waals surface area contributed by atoms with E-state index in [1.54, 1.807) is 0 Å². The molecule has 39 heteroatoms. The Morgan fingerprint density at radius 3 is 1.41 bits per heavy atom. The molecule has 0 radical (unpaired) electrons. The summed E-state index contributed by atoms with van der Waals surface area (Å²) in [5.74, 6) is -7.37. The van der Waals surface area contributed by atoms with E-state index in [1.165, 1.54) is 40.1 Å². The number of carbonyl (C=O) groups is 1. The van der Waals surface area contributed by atoms with Crippen LogP contribution >= 0.6 is 0 Å². The first-order valence-electron chi connectivity index (χ1n) is 22.0. The summed E-state index contributed by atoms with van der Waals surface area (Å²) in [6.07, 6.45) is -37.6. The van der Waals surface area contributed by atoms with E-state index in [0.29, 0.717) is 0 Å². The minimum atomic E-state index is -5.61. The zero-order valence-corrected chi connectivity index (χ0v) is 42.7. The van der Waals surface area contributed by atoms with Crippen LogP contribution in [0.5, 0.6) is 0 Å². The largest absolute Gasteiger partial charge is 0.786 e. The fourth-order valence-corrected chi connectivity index (χ4v) is 10.1. The molecule has 0 aromatic heterocycles. The van der Waals surface area contributed by atoms with Crippen LogP contribution in [0.1, 0.15) is 34.6 Å². The molecule has 74 heavy (non-hydrogen) atoms. The van der Waals surface area contributed by atoms with E-state index in [-0.39, 0.29) is 0 Å². The van der Waals surface area contributed by atoms with Crippen molar-refractivity contribution in [1.82, 2.24) is 5.48 Å². The summed E-state index contributed by atoms with van der Waals surface area (Å²) in [4.78, 5) is 12.7. The van der Waals surface area contributed by atoms with Crippen molar-refractivity contribution in [3.8, 4) is 0 Å². The molecule has 434 valence electrons. The van der Waals surface area contributed by atoms with Crippen LogP contribution in [0.25, 0.3) is 0 Å². The Kier molecular flexibility index (Phi) is 21.5. The summed E-state index contributed by atoms with van der Waals surface area (Å²) in [7, 11) is -20.0. The maximum Gasteiger partial charge on any atom is 0.397 e. The number of hydrogen-bond donors (Lipinski definition) is 11. The third-order valence-electron chi connectivity index (χ3n) is 13.0. The highest BCUT2D eigenvalue weighted by Gasteiger charge is 2.57. The van der Waals surface area contributed by atoms with Gasteiger partial charge in [0.25, 0.3) is 0 Å². The van der Waals surface area contributed by atoms with Crippen LogP contribution in [-0.2, 0) is 110 Å². The van der Waals surface area contributed by atoms with Gasteiger partial charge in [-0.1, -0.05) is 34.6 Å². The zero-order chi connectivity index (χ0) is 55.7. The molecule has 0 spiro atoms. The van der Waals surface area contributed by atoms with Gasteiger partial charge >= 0.3 is 47.6 Å². The molecule has 35 nitrogen and oxygen atoms in total. The minimum Gasteiger partial charge on any atom is -0.786 e. The molecular weight excluding hydrogens is 1110 g/mol. The number of nitrogens with one attached hydrogen (secondary N) is 1. The van der Waals surface area contributed by atoms with Crippen LogP contribution < -0.4 is 5.48 Å². The topological polar surface area (TPSA) is 520 Å². The van der Waals surface area contributed by atoms with Crippen molar-refractivity contribution in [2.24, 2.45) is 29.6 Å². The van der Waals surface area contributed by atoms with Gasteiger partial charge in [0.05, 0.1) is 44.2 Å². The number of aliphatic hydroxyl groups is 5. The number of rotatable bonds is 22. The van der Waals surface area contributed by atoms with Crippen LogP contribution in [-0.4, -0.2) is 239 Å². The lowest BCUT2D eigenvalue weighted by Crippen LogP contribution is -2.67. The van der Waals surface area contributed by atoms with Crippen molar-refractivity contribution in [3.05, 3.63) is 5.21 Å². The summed E-state index contributed by atoms with van der Waals surface area (Å²) < 4.78 is 206. The smallest absolute Gasteiger partial charge is 0.397 e. The molecule has 10 unspecified atom stereocenters. The van der Waals surface area contributed by atoms with Gasteiger partial charge in [-0.2, -0.15) is 33.7 Å². The molecule has 0 aliphatic carbocycles. The van der Waals surface area contributed by atoms with E-state index in [2.05, 4.69) is 16.7 Å². The molecule has 0 aromatic rings. The summed E-state index contributed by atoms with van der Waals surface area (Å²) in [5.41, 5.74) is 1.39. The van der Waals surface area contributed by atoms with Crippen LogP contribution in [0.4, 0.5) is 0 Å². The lowest BCUT2D eigenvalue weighted by molar-refractivity contribution is -0.377. The summed E-state index contributed by atoms with van der Waals surface area (Å²) >= 11 is 0. The average Bonchev–Trinajstić information content (AvgIpc) is 3.29. The maximum atomic E-state index is 12.7. The number of hydrogen-bond acceptors (Lipinski definition) is 30. The number of carboxylic acid groups (broad SMARTS) is 1. The first-order chi connectivity index (χ1) is 34.1. The lowest BCUT2D eigenvalue weighted by Gasteiger charge is -2.51. The Morgan fingerprint density at radius 2 is 0.892 bits per heavy atom. The van der Waals surface area contributed by atoms with Crippen molar-refractivity contribution in [1.29, 1.82) is 0 Å². The second kappa shape index (κ2) is 25.2. The van der Waals surface area contributed by atoms with Crippen LogP contribution in [0, 0.1) is 34.8 Å². The van der Waals surface area contributed by atoms with Gasteiger partial charge in [0, 0.05) is 30.8 Å². The Hall–Kier alpha value is -1.73. The quantitative estimate of drug-likeness (QED) is 0.0356. The third kappa shape index (κ3) is 16.0. The fourth-order valence-electron chi connectivity index (χ4n) is 8.75. The number of hydroxylamine groups is 1. The molecule has 5 aliphatic rings. The first-order valence-corrected chi connectivity index (χ1v) is 27.5. The molecular formula is C35H60NO34S4-. The number of aliphatic hydroxyl groups excluding tert-OH is 5. The second-order valence-electron chi connectivity index (χ2n) is 17.9. The minimum absolute atomic E-state index is 1.02. The van der Waals surface area contributed by atoms with Gasteiger partial charge in [-0.25, -0.2) is 21.5 Å². The van der Waals surface area contributed by atoms with Crippen LogP contribution in [0.3, 0.4) is 0 Å². The second-order valence-corrected chi connectivity index (χ2v) is 22.3. The predicted molar refractivity (Wildman–Crippen MR) is 229 cm³/mol. The first kappa shape index (κ1) is 63.1. The van der Waals surface area contributed by atoms with Crippen molar-refractivity contribution >= 4 is 47.6 Å². The molecule has 5 rings (SSSR count).